The van der Waals surface area contributed by atoms with Gasteiger partial charge in [0.2, 0.25) is 0 Å². The van der Waals surface area contributed by atoms with Crippen LogP contribution in [0.15, 0.2) is 66.2 Å². The second-order valence-corrected chi connectivity index (χ2v) is 8.57. The zero-order chi connectivity index (χ0) is 18.7. The second kappa shape index (κ2) is 7.92. The minimum atomic E-state index is 0.110. The molecule has 2 aliphatic carbocycles. The van der Waals surface area contributed by atoms with Crippen molar-refractivity contribution in [1.29, 1.82) is 0 Å². The highest BCUT2D eigenvalue weighted by Crippen LogP contribution is 2.57. The van der Waals surface area contributed by atoms with Crippen LogP contribution in [-0.2, 0) is 0 Å². The Bertz CT molecular complexity index is 776. The molecule has 0 aromatic heterocycles. The number of benzene rings is 2. The molecule has 1 unspecified atom stereocenters. The maximum absolute atomic E-state index is 4.05. The maximum Gasteiger partial charge on any atom is 0.0661 e. The van der Waals surface area contributed by atoms with Gasteiger partial charge in [-0.1, -0.05) is 87.2 Å². The average Bonchev–Trinajstić information content (AvgIpc) is 3.23. The molecular formula is C26H33N. The standard InChI is InChI=1S/C26H33N/c1-3-4-12-20(2)24-19-22-15-11-18-26(22,27-23-16-9-6-10-17-23)25(24)21-13-7-5-8-14-21/h5-10,13-14,16-17,20,22,27H,3-4,11-12,15,18-19H2,1-2H3/t20?,22-,26+/m1/s1. The van der Waals surface area contributed by atoms with Crippen LogP contribution in [0.1, 0.15) is 64.4 Å². The van der Waals surface area contributed by atoms with Crippen LogP contribution < -0.4 is 5.32 Å². The lowest BCUT2D eigenvalue weighted by molar-refractivity contribution is 0.444. The van der Waals surface area contributed by atoms with E-state index in [1.165, 1.54) is 56.2 Å². The molecule has 1 saturated carbocycles. The van der Waals surface area contributed by atoms with E-state index in [0.717, 1.165) is 5.92 Å². The van der Waals surface area contributed by atoms with Crippen molar-refractivity contribution in [2.45, 2.75) is 64.3 Å². The maximum atomic E-state index is 4.05. The molecule has 0 heterocycles. The van der Waals surface area contributed by atoms with Gasteiger partial charge in [0.1, 0.15) is 0 Å². The summed E-state index contributed by atoms with van der Waals surface area (Å²) >= 11 is 0. The van der Waals surface area contributed by atoms with E-state index in [2.05, 4.69) is 79.8 Å². The van der Waals surface area contributed by atoms with Crippen molar-refractivity contribution in [1.82, 2.24) is 0 Å². The van der Waals surface area contributed by atoms with Crippen molar-refractivity contribution in [2.24, 2.45) is 11.8 Å². The molecule has 0 aliphatic heterocycles. The van der Waals surface area contributed by atoms with Gasteiger partial charge in [-0.2, -0.15) is 0 Å². The third-order valence-corrected chi connectivity index (χ3v) is 6.84. The van der Waals surface area contributed by atoms with Gasteiger partial charge in [0.05, 0.1) is 5.54 Å². The van der Waals surface area contributed by atoms with E-state index in [1.54, 1.807) is 11.1 Å². The summed E-state index contributed by atoms with van der Waals surface area (Å²) in [7, 11) is 0. The Morgan fingerprint density at radius 1 is 1.04 bits per heavy atom. The number of nitrogens with one attached hydrogen (secondary N) is 1. The number of allylic oxidation sites excluding steroid dienone is 1. The highest BCUT2D eigenvalue weighted by Gasteiger charge is 2.52. The first-order valence-corrected chi connectivity index (χ1v) is 10.9. The quantitative estimate of drug-likeness (QED) is 0.546. The van der Waals surface area contributed by atoms with Crippen LogP contribution in [0, 0.1) is 11.8 Å². The zero-order valence-electron chi connectivity index (χ0n) is 16.9. The molecule has 1 N–H and O–H groups in total. The average molecular weight is 360 g/mol. The molecule has 0 radical (unpaired) electrons. The summed E-state index contributed by atoms with van der Waals surface area (Å²) in [6.07, 6.45) is 9.13. The van der Waals surface area contributed by atoms with E-state index in [0.29, 0.717) is 5.92 Å². The summed E-state index contributed by atoms with van der Waals surface area (Å²) in [5, 5.41) is 4.05. The third kappa shape index (κ3) is 3.45. The first-order valence-electron chi connectivity index (χ1n) is 10.9. The van der Waals surface area contributed by atoms with E-state index in [4.69, 9.17) is 0 Å². The molecule has 27 heavy (non-hydrogen) atoms. The number of rotatable bonds is 7. The monoisotopic (exact) mass is 359 g/mol. The molecule has 1 fully saturated rings. The molecule has 4 rings (SSSR count). The van der Waals surface area contributed by atoms with Gasteiger partial charge in [-0.05, 0) is 60.8 Å². The molecule has 2 aliphatic rings. The van der Waals surface area contributed by atoms with Gasteiger partial charge >= 0.3 is 0 Å². The molecule has 2 aromatic rings. The zero-order valence-corrected chi connectivity index (χ0v) is 16.9. The molecule has 1 heteroatoms. The summed E-state index contributed by atoms with van der Waals surface area (Å²) < 4.78 is 0. The van der Waals surface area contributed by atoms with Crippen molar-refractivity contribution in [3.8, 4) is 0 Å². The van der Waals surface area contributed by atoms with Crippen molar-refractivity contribution in [2.75, 3.05) is 5.32 Å². The Morgan fingerprint density at radius 3 is 2.44 bits per heavy atom. The van der Waals surface area contributed by atoms with E-state index >= 15 is 0 Å². The SMILES string of the molecule is CCCCC(C)C1=C(c2ccccc2)[C@]2(Nc3ccccc3)CCC[C@@H]2C1. The van der Waals surface area contributed by atoms with Crippen LogP contribution in [0.25, 0.3) is 5.57 Å². The van der Waals surface area contributed by atoms with Crippen molar-refractivity contribution in [3.05, 3.63) is 71.8 Å². The Balaban J connectivity index is 1.79. The Hall–Kier alpha value is -2.02. The lowest BCUT2D eigenvalue weighted by Crippen LogP contribution is -2.40. The smallest absolute Gasteiger partial charge is 0.0661 e. The van der Waals surface area contributed by atoms with Crippen molar-refractivity contribution < 1.29 is 0 Å². The summed E-state index contributed by atoms with van der Waals surface area (Å²) in [6, 6.07) is 22.1. The van der Waals surface area contributed by atoms with E-state index < -0.39 is 0 Å². The number of hydrogen-bond acceptors (Lipinski definition) is 1. The second-order valence-electron chi connectivity index (χ2n) is 8.57. The fourth-order valence-corrected chi connectivity index (χ4v) is 5.52. The fourth-order valence-electron chi connectivity index (χ4n) is 5.52. The van der Waals surface area contributed by atoms with Gasteiger partial charge in [0.15, 0.2) is 0 Å². The van der Waals surface area contributed by atoms with Crippen LogP contribution in [0.2, 0.25) is 0 Å². The molecule has 0 bridgehead atoms. The fraction of sp³-hybridized carbons (Fsp3) is 0.462. The van der Waals surface area contributed by atoms with Gasteiger partial charge in [-0.25, -0.2) is 0 Å². The predicted octanol–water partition coefficient (Wildman–Crippen LogP) is 7.32. The van der Waals surface area contributed by atoms with E-state index in [-0.39, 0.29) is 5.54 Å². The van der Waals surface area contributed by atoms with Crippen LogP contribution >= 0.6 is 0 Å². The lowest BCUT2D eigenvalue weighted by Gasteiger charge is -2.36. The Morgan fingerprint density at radius 2 is 1.74 bits per heavy atom. The van der Waals surface area contributed by atoms with Gasteiger partial charge < -0.3 is 5.32 Å². The Labute approximate surface area is 164 Å². The highest BCUT2D eigenvalue weighted by atomic mass is 15.0. The molecule has 0 spiro atoms. The van der Waals surface area contributed by atoms with E-state index in [1.807, 2.05) is 0 Å². The first kappa shape index (κ1) is 18.3. The van der Waals surface area contributed by atoms with Gasteiger partial charge in [-0.15, -0.1) is 0 Å². The third-order valence-electron chi connectivity index (χ3n) is 6.84. The molecule has 142 valence electrons. The summed E-state index contributed by atoms with van der Waals surface area (Å²) in [5.74, 6) is 1.41. The molecule has 2 aromatic carbocycles. The number of anilines is 1. The van der Waals surface area contributed by atoms with Crippen LogP contribution in [0.4, 0.5) is 5.69 Å². The first-order chi connectivity index (χ1) is 13.2. The number of fused-ring (bicyclic) bond motifs is 1. The lowest BCUT2D eigenvalue weighted by atomic mass is 9.80. The number of unbranched alkanes of at least 4 members (excludes halogenated alkanes) is 1. The summed E-state index contributed by atoms with van der Waals surface area (Å²) in [4.78, 5) is 0. The van der Waals surface area contributed by atoms with Gasteiger partial charge in [-0.3, -0.25) is 0 Å². The predicted molar refractivity (Wildman–Crippen MR) is 117 cm³/mol. The minimum Gasteiger partial charge on any atom is -0.375 e. The highest BCUT2D eigenvalue weighted by molar-refractivity contribution is 5.82. The minimum absolute atomic E-state index is 0.110. The normalized spacial score (nSPS) is 25.5. The van der Waals surface area contributed by atoms with Gasteiger partial charge in [0.25, 0.3) is 0 Å². The van der Waals surface area contributed by atoms with Crippen molar-refractivity contribution >= 4 is 11.3 Å². The molecule has 0 amide bonds. The molecule has 1 nitrogen and oxygen atoms in total. The topological polar surface area (TPSA) is 12.0 Å². The summed E-state index contributed by atoms with van der Waals surface area (Å²) in [5.41, 5.74) is 6.16. The molecular weight excluding hydrogens is 326 g/mol. The van der Waals surface area contributed by atoms with Crippen LogP contribution in [0.5, 0.6) is 0 Å². The molecule has 0 saturated heterocycles. The summed E-state index contributed by atoms with van der Waals surface area (Å²) in [6.45, 7) is 4.77. The Kier molecular flexibility index (Phi) is 5.38. The van der Waals surface area contributed by atoms with Crippen molar-refractivity contribution in [3.63, 3.8) is 0 Å². The largest absolute Gasteiger partial charge is 0.375 e. The van der Waals surface area contributed by atoms with Crippen LogP contribution in [-0.4, -0.2) is 5.54 Å². The van der Waals surface area contributed by atoms with Crippen LogP contribution in [0.3, 0.4) is 0 Å². The number of para-hydroxylation sites is 1. The van der Waals surface area contributed by atoms with E-state index in [9.17, 15) is 0 Å². The number of hydrogen-bond donors (Lipinski definition) is 1. The molecule has 3 atom stereocenters. The van der Waals surface area contributed by atoms with Gasteiger partial charge in [0, 0.05) is 5.69 Å².